The van der Waals surface area contributed by atoms with E-state index < -0.39 is 9.84 Å². The van der Waals surface area contributed by atoms with Gasteiger partial charge in [-0.25, -0.2) is 13.1 Å². The van der Waals surface area contributed by atoms with E-state index in [0.29, 0.717) is 34.7 Å². The van der Waals surface area contributed by atoms with Gasteiger partial charge < -0.3 is 10.2 Å². The van der Waals surface area contributed by atoms with Crippen LogP contribution in [-0.4, -0.2) is 48.6 Å². The van der Waals surface area contributed by atoms with Gasteiger partial charge in [-0.3, -0.25) is 9.59 Å². The number of halogens is 1. The quantitative estimate of drug-likeness (QED) is 0.312. The summed E-state index contributed by atoms with van der Waals surface area (Å²) in [4.78, 5) is 27.1. The Kier molecular flexibility index (Phi) is 8.35. The van der Waals surface area contributed by atoms with Crippen LogP contribution in [-0.2, 0) is 21.2 Å². The lowest BCUT2D eigenvalue weighted by Gasteiger charge is -2.32. The monoisotopic (exact) mass is 578 g/mol. The number of sulfone groups is 1. The van der Waals surface area contributed by atoms with E-state index in [4.69, 9.17) is 11.6 Å². The van der Waals surface area contributed by atoms with E-state index in [-0.39, 0.29) is 21.4 Å². The second-order valence-electron chi connectivity index (χ2n) is 10.1. The van der Waals surface area contributed by atoms with Crippen molar-refractivity contribution in [3.63, 3.8) is 0 Å². The minimum Gasteiger partial charge on any atom is -0.326 e. The van der Waals surface area contributed by atoms with Gasteiger partial charge in [-0.05, 0) is 92.8 Å². The van der Waals surface area contributed by atoms with Gasteiger partial charge in [0, 0.05) is 29.6 Å². The van der Waals surface area contributed by atoms with Crippen LogP contribution in [0.1, 0.15) is 37.7 Å². The molecule has 1 N–H and O–H groups in total. The number of piperidine rings is 1. The predicted molar refractivity (Wildman–Crippen MR) is 157 cm³/mol. The average molecular weight is 579 g/mol. The van der Waals surface area contributed by atoms with E-state index in [1.807, 2.05) is 12.1 Å². The molecule has 5 rings (SSSR count). The number of hydrogen-bond donors (Lipinski definition) is 1. The largest absolute Gasteiger partial charge is 0.326 e. The maximum absolute atomic E-state index is 13.5. The number of hydrogen-bond acceptors (Lipinski definition) is 6. The van der Waals surface area contributed by atoms with Crippen molar-refractivity contribution < 1.29 is 13.2 Å². The van der Waals surface area contributed by atoms with Crippen LogP contribution in [0.3, 0.4) is 0 Å². The lowest BCUT2D eigenvalue weighted by Crippen LogP contribution is -2.35. The summed E-state index contributed by atoms with van der Waals surface area (Å²) in [6.45, 7) is 4.44. The normalized spacial score (nSPS) is 14.8. The van der Waals surface area contributed by atoms with Crippen LogP contribution < -0.4 is 10.9 Å². The molecule has 0 aliphatic carbocycles. The Balaban J connectivity index is 1.27. The molecule has 208 valence electrons. The van der Waals surface area contributed by atoms with Gasteiger partial charge in [0.05, 0.1) is 10.3 Å². The standard InChI is InChI=1S/C30H31ClN4O4S/c1-21(36)32-25-7-4-6-23(20-25)22-14-18-34(19-15-22)16-5-17-35-30(37)28-9-3-2-8-27(28)29(33-35)40(38,39)26-12-10-24(31)11-13-26/h2-4,6-13,20,22H,5,14-19H2,1H3,(H,32,36). The fraction of sp³-hybridized carbons (Fsp3) is 0.300. The predicted octanol–water partition coefficient (Wildman–Crippen LogP) is 5.11. The highest BCUT2D eigenvalue weighted by Crippen LogP contribution is 2.30. The zero-order chi connectivity index (χ0) is 28.3. The number of likely N-dealkylation sites (tertiary alicyclic amines) is 1. The molecule has 0 radical (unpaired) electrons. The summed E-state index contributed by atoms with van der Waals surface area (Å²) >= 11 is 5.96. The van der Waals surface area contributed by atoms with Crippen molar-refractivity contribution in [3.05, 3.63) is 93.7 Å². The highest BCUT2D eigenvalue weighted by atomic mass is 35.5. The number of nitrogens with zero attached hydrogens (tertiary/aromatic N) is 3. The molecule has 1 saturated heterocycles. The van der Waals surface area contributed by atoms with Crippen molar-refractivity contribution in [2.24, 2.45) is 0 Å². The Labute approximate surface area is 238 Å². The number of aromatic nitrogens is 2. The summed E-state index contributed by atoms with van der Waals surface area (Å²) < 4.78 is 28.3. The molecule has 10 heteroatoms. The fourth-order valence-corrected chi connectivity index (χ4v) is 6.80. The molecular formula is C30H31ClN4O4S. The van der Waals surface area contributed by atoms with Crippen molar-refractivity contribution >= 4 is 43.8 Å². The first-order valence-corrected chi connectivity index (χ1v) is 15.2. The van der Waals surface area contributed by atoms with Crippen molar-refractivity contribution in [1.29, 1.82) is 0 Å². The van der Waals surface area contributed by atoms with Gasteiger partial charge in [0.15, 0.2) is 5.03 Å². The Morgan fingerprint density at radius 1 is 0.975 bits per heavy atom. The Bertz CT molecular complexity index is 1700. The molecule has 1 aromatic heterocycles. The minimum absolute atomic E-state index is 0.0743. The van der Waals surface area contributed by atoms with E-state index in [2.05, 4.69) is 27.4 Å². The first-order valence-electron chi connectivity index (χ1n) is 13.3. The molecule has 8 nitrogen and oxygen atoms in total. The highest BCUT2D eigenvalue weighted by molar-refractivity contribution is 7.91. The Morgan fingerprint density at radius 3 is 2.38 bits per heavy atom. The molecule has 1 fully saturated rings. The zero-order valence-electron chi connectivity index (χ0n) is 22.2. The van der Waals surface area contributed by atoms with Crippen molar-refractivity contribution in [1.82, 2.24) is 14.7 Å². The third kappa shape index (κ3) is 6.11. The summed E-state index contributed by atoms with van der Waals surface area (Å²) in [6, 6.07) is 20.7. The van der Waals surface area contributed by atoms with Crippen LogP contribution in [0.15, 0.2) is 87.5 Å². The first-order chi connectivity index (χ1) is 19.2. The average Bonchev–Trinajstić information content (AvgIpc) is 2.94. The molecule has 1 aliphatic heterocycles. The van der Waals surface area contributed by atoms with Crippen LogP contribution in [0.5, 0.6) is 0 Å². The van der Waals surface area contributed by atoms with Gasteiger partial charge >= 0.3 is 0 Å². The SMILES string of the molecule is CC(=O)Nc1cccc(C2CCN(CCCn3nc(S(=O)(=O)c4ccc(Cl)cc4)c4ccccc4c3=O)CC2)c1. The molecule has 0 bridgehead atoms. The second-order valence-corrected chi connectivity index (χ2v) is 12.4. The lowest BCUT2D eigenvalue weighted by molar-refractivity contribution is -0.114. The highest BCUT2D eigenvalue weighted by Gasteiger charge is 2.25. The number of nitrogens with one attached hydrogen (secondary N) is 1. The molecule has 40 heavy (non-hydrogen) atoms. The summed E-state index contributed by atoms with van der Waals surface area (Å²) in [6.07, 6.45) is 2.66. The molecule has 0 saturated carbocycles. The molecular weight excluding hydrogens is 548 g/mol. The van der Waals surface area contributed by atoms with E-state index in [9.17, 15) is 18.0 Å². The third-order valence-corrected chi connectivity index (χ3v) is 9.28. The molecule has 0 unspecified atom stereocenters. The van der Waals surface area contributed by atoms with E-state index in [1.165, 1.54) is 41.4 Å². The van der Waals surface area contributed by atoms with Gasteiger partial charge in [-0.2, -0.15) is 5.10 Å². The molecule has 1 amide bonds. The second kappa shape index (κ2) is 11.9. The van der Waals surface area contributed by atoms with Crippen LogP contribution in [0.2, 0.25) is 5.02 Å². The van der Waals surface area contributed by atoms with E-state index >= 15 is 0 Å². The zero-order valence-corrected chi connectivity index (χ0v) is 23.8. The van der Waals surface area contributed by atoms with Crippen LogP contribution in [0.4, 0.5) is 5.69 Å². The van der Waals surface area contributed by atoms with Crippen LogP contribution in [0, 0.1) is 0 Å². The maximum atomic E-state index is 13.5. The number of fused-ring (bicyclic) bond motifs is 1. The number of benzene rings is 3. The number of carbonyl (C=O) groups excluding carboxylic acids is 1. The van der Waals surface area contributed by atoms with Gasteiger partial charge in [0.25, 0.3) is 5.56 Å². The molecule has 1 aliphatic rings. The van der Waals surface area contributed by atoms with Gasteiger partial charge in [-0.1, -0.05) is 41.9 Å². The van der Waals surface area contributed by atoms with Crippen molar-refractivity contribution in [3.8, 4) is 0 Å². The topological polar surface area (TPSA) is 101 Å². The van der Waals surface area contributed by atoms with Gasteiger partial charge in [-0.15, -0.1) is 0 Å². The number of amides is 1. The van der Waals surface area contributed by atoms with Crippen molar-refractivity contribution in [2.75, 3.05) is 25.0 Å². The van der Waals surface area contributed by atoms with Crippen LogP contribution >= 0.6 is 11.6 Å². The first kappa shape index (κ1) is 28.0. The lowest BCUT2D eigenvalue weighted by atomic mass is 9.89. The van der Waals surface area contributed by atoms with Crippen molar-refractivity contribution in [2.45, 2.75) is 48.6 Å². The Morgan fingerprint density at radius 2 is 1.68 bits per heavy atom. The van der Waals surface area contributed by atoms with Gasteiger partial charge in [0.1, 0.15) is 0 Å². The molecule has 4 aromatic rings. The molecule has 0 spiro atoms. The summed E-state index contributed by atoms with van der Waals surface area (Å²) in [7, 11) is -3.97. The third-order valence-electron chi connectivity index (χ3n) is 7.32. The Hall–Kier alpha value is -3.53. The molecule has 2 heterocycles. The number of anilines is 1. The van der Waals surface area contributed by atoms with E-state index in [1.54, 1.807) is 24.3 Å². The molecule has 0 atom stereocenters. The summed E-state index contributed by atoms with van der Waals surface area (Å²) in [5, 5.41) is 8.16. The van der Waals surface area contributed by atoms with E-state index in [0.717, 1.165) is 38.2 Å². The minimum atomic E-state index is -3.97. The smallest absolute Gasteiger partial charge is 0.274 e. The van der Waals surface area contributed by atoms with Crippen LogP contribution in [0.25, 0.3) is 10.8 Å². The fourth-order valence-electron chi connectivity index (χ4n) is 5.29. The summed E-state index contributed by atoms with van der Waals surface area (Å²) in [5.41, 5.74) is 1.74. The van der Waals surface area contributed by atoms with Gasteiger partial charge in [0.2, 0.25) is 15.7 Å². The number of rotatable bonds is 8. The maximum Gasteiger partial charge on any atom is 0.274 e. The number of aryl methyl sites for hydroxylation is 1. The molecule has 3 aromatic carbocycles. The summed E-state index contributed by atoms with van der Waals surface area (Å²) in [5.74, 6) is 0.344. The number of carbonyl (C=O) groups is 1.